The lowest BCUT2D eigenvalue weighted by Gasteiger charge is -1.92. The third-order valence-electron chi connectivity index (χ3n) is 0.896. The molecule has 1 rings (SSSR count). The van der Waals surface area contributed by atoms with Crippen LogP contribution >= 0.6 is 0 Å². The summed E-state index contributed by atoms with van der Waals surface area (Å²) in [5, 5.41) is 3.69. The van der Waals surface area contributed by atoms with E-state index in [1.54, 1.807) is 0 Å². The van der Waals surface area contributed by atoms with Crippen LogP contribution in [0.25, 0.3) is 0 Å². The van der Waals surface area contributed by atoms with E-state index in [2.05, 4.69) is 5.10 Å². The van der Waals surface area contributed by atoms with Gasteiger partial charge in [-0.1, -0.05) is 0 Å². The summed E-state index contributed by atoms with van der Waals surface area (Å²) >= 11 is -1.86. The minimum atomic E-state index is -1.86. The average Bonchev–Trinajstić information content (AvgIpc) is 2.13. The van der Waals surface area contributed by atoms with Crippen molar-refractivity contribution >= 4 is 16.8 Å². The van der Waals surface area contributed by atoms with Crippen LogP contribution in [0, 0.1) is 0 Å². The van der Waals surface area contributed by atoms with Crippen LogP contribution in [0.1, 0.15) is 0 Å². The zero-order valence-corrected chi connectivity index (χ0v) is 5.91. The summed E-state index contributed by atoms with van der Waals surface area (Å²) in [6.45, 7) is 0. The Hall–Kier alpha value is -0.880. The Bertz CT molecular complexity index is 246. The van der Waals surface area contributed by atoms with Crippen molar-refractivity contribution in [1.29, 1.82) is 0 Å². The molecule has 0 aliphatic carbocycles. The predicted molar refractivity (Wildman–Crippen MR) is 37.4 cm³/mol. The largest absolute Gasteiger partial charge is 0.396 e. The summed E-state index contributed by atoms with van der Waals surface area (Å²) in [5.74, 6) is -0.0306. The second-order valence-corrected chi connectivity index (χ2v) is 2.66. The Morgan fingerprint density at radius 2 is 2.60 bits per heavy atom. The molecule has 1 aromatic heterocycles. The lowest BCUT2D eigenvalue weighted by atomic mass is 10.6. The number of nitrogens with zero attached hydrogens (tertiary/aromatic N) is 2. The standard InChI is InChI=1S/C4H7N3O2S/c5-4-1-6-7(2-4)3-10(8)9/h1-2H,3,5H2,(H,8,9). The first-order chi connectivity index (χ1) is 4.68. The molecule has 0 spiro atoms. The van der Waals surface area contributed by atoms with E-state index >= 15 is 0 Å². The number of nitrogen functional groups attached to an aromatic ring is 1. The number of nitrogens with two attached hydrogens (primary N) is 1. The minimum absolute atomic E-state index is 0.0306. The van der Waals surface area contributed by atoms with Crippen LogP contribution in [0.15, 0.2) is 12.4 Å². The number of hydrogen-bond donors (Lipinski definition) is 2. The van der Waals surface area contributed by atoms with Crippen molar-refractivity contribution in [3.63, 3.8) is 0 Å². The molecule has 0 fully saturated rings. The van der Waals surface area contributed by atoms with E-state index < -0.39 is 11.1 Å². The first-order valence-corrected chi connectivity index (χ1v) is 3.81. The monoisotopic (exact) mass is 161 g/mol. The minimum Gasteiger partial charge on any atom is -0.396 e. The highest BCUT2D eigenvalue weighted by Gasteiger charge is 1.96. The summed E-state index contributed by atoms with van der Waals surface area (Å²) < 4.78 is 19.9. The fourth-order valence-electron chi connectivity index (χ4n) is 0.563. The molecule has 0 radical (unpaired) electrons. The van der Waals surface area contributed by atoms with Gasteiger partial charge in [-0.3, -0.25) is 4.68 Å². The van der Waals surface area contributed by atoms with Gasteiger partial charge in [-0.2, -0.15) is 5.10 Å². The molecule has 0 bridgehead atoms. The molecule has 1 atom stereocenters. The van der Waals surface area contributed by atoms with Crippen molar-refractivity contribution in [1.82, 2.24) is 9.78 Å². The summed E-state index contributed by atoms with van der Waals surface area (Å²) in [6, 6.07) is 0. The van der Waals surface area contributed by atoms with Gasteiger partial charge in [-0.05, 0) is 0 Å². The zero-order chi connectivity index (χ0) is 7.56. The molecule has 0 saturated heterocycles. The van der Waals surface area contributed by atoms with Gasteiger partial charge in [0.05, 0.1) is 11.9 Å². The molecular formula is C4H7N3O2S. The van der Waals surface area contributed by atoms with E-state index in [0.29, 0.717) is 5.69 Å². The van der Waals surface area contributed by atoms with E-state index in [1.807, 2.05) is 0 Å². The molecule has 3 N–H and O–H groups in total. The van der Waals surface area contributed by atoms with Crippen LogP contribution < -0.4 is 5.73 Å². The summed E-state index contributed by atoms with van der Waals surface area (Å²) in [6.07, 6.45) is 2.92. The third-order valence-corrected chi connectivity index (χ3v) is 1.38. The van der Waals surface area contributed by atoms with Crippen molar-refractivity contribution in [2.45, 2.75) is 5.88 Å². The summed E-state index contributed by atoms with van der Waals surface area (Å²) in [5.41, 5.74) is 5.78. The topological polar surface area (TPSA) is 81.1 Å². The van der Waals surface area contributed by atoms with Crippen molar-refractivity contribution < 1.29 is 8.76 Å². The second-order valence-electron chi connectivity index (χ2n) is 1.76. The van der Waals surface area contributed by atoms with Crippen LogP contribution in [0.2, 0.25) is 0 Å². The predicted octanol–water partition coefficient (Wildman–Crippen LogP) is -0.355. The van der Waals surface area contributed by atoms with Gasteiger partial charge in [-0.25, -0.2) is 4.21 Å². The van der Waals surface area contributed by atoms with Gasteiger partial charge in [0.1, 0.15) is 5.88 Å². The smallest absolute Gasteiger partial charge is 0.175 e. The van der Waals surface area contributed by atoms with Crippen LogP contribution in [-0.2, 0) is 17.0 Å². The van der Waals surface area contributed by atoms with Gasteiger partial charge in [0.25, 0.3) is 0 Å². The molecule has 1 unspecified atom stereocenters. The first-order valence-electron chi connectivity index (χ1n) is 2.54. The maximum Gasteiger partial charge on any atom is 0.175 e. The summed E-state index contributed by atoms with van der Waals surface area (Å²) in [7, 11) is 0. The van der Waals surface area contributed by atoms with E-state index in [0.717, 1.165) is 0 Å². The van der Waals surface area contributed by atoms with Gasteiger partial charge >= 0.3 is 0 Å². The quantitative estimate of drug-likeness (QED) is 0.580. The highest BCUT2D eigenvalue weighted by molar-refractivity contribution is 7.78. The second kappa shape index (κ2) is 2.80. The fourth-order valence-corrected chi connectivity index (χ4v) is 0.931. The number of aromatic nitrogens is 2. The molecule has 10 heavy (non-hydrogen) atoms. The maximum absolute atomic E-state index is 10.2. The molecule has 5 nitrogen and oxygen atoms in total. The lowest BCUT2D eigenvalue weighted by molar-refractivity contribution is 0.545. The van der Waals surface area contributed by atoms with Crippen molar-refractivity contribution in [3.05, 3.63) is 12.4 Å². The van der Waals surface area contributed by atoms with Crippen molar-refractivity contribution in [2.24, 2.45) is 0 Å². The van der Waals surface area contributed by atoms with Gasteiger partial charge in [-0.15, -0.1) is 0 Å². The average molecular weight is 161 g/mol. The Kier molecular flexibility index (Phi) is 2.03. The zero-order valence-electron chi connectivity index (χ0n) is 5.10. The molecule has 56 valence electrons. The van der Waals surface area contributed by atoms with Gasteiger partial charge in [0.15, 0.2) is 11.1 Å². The third kappa shape index (κ3) is 1.82. The number of anilines is 1. The molecule has 1 aromatic rings. The SMILES string of the molecule is Nc1cnn(CS(=O)O)c1. The van der Waals surface area contributed by atoms with Crippen LogP contribution in [0.5, 0.6) is 0 Å². The fraction of sp³-hybridized carbons (Fsp3) is 0.250. The highest BCUT2D eigenvalue weighted by Crippen LogP contribution is 1.97. The molecular weight excluding hydrogens is 154 g/mol. The van der Waals surface area contributed by atoms with Crippen LogP contribution in [-0.4, -0.2) is 18.5 Å². The van der Waals surface area contributed by atoms with Crippen molar-refractivity contribution in [2.75, 3.05) is 5.73 Å². The molecule has 0 aliphatic heterocycles. The normalized spacial score (nSPS) is 13.3. The molecule has 0 saturated carbocycles. The molecule has 6 heteroatoms. The van der Waals surface area contributed by atoms with Crippen LogP contribution in [0.4, 0.5) is 5.69 Å². The molecule has 1 heterocycles. The Balaban J connectivity index is 2.67. The maximum atomic E-state index is 10.2. The summed E-state index contributed by atoms with van der Waals surface area (Å²) in [4.78, 5) is 0. The molecule has 0 amide bonds. The van der Waals surface area contributed by atoms with E-state index in [1.165, 1.54) is 17.1 Å². The lowest BCUT2D eigenvalue weighted by Crippen LogP contribution is -2.03. The van der Waals surface area contributed by atoms with E-state index in [4.69, 9.17) is 10.3 Å². The Morgan fingerprint density at radius 1 is 1.90 bits per heavy atom. The van der Waals surface area contributed by atoms with Gasteiger partial charge in [0.2, 0.25) is 0 Å². The van der Waals surface area contributed by atoms with E-state index in [9.17, 15) is 4.21 Å². The molecule has 0 aliphatic rings. The highest BCUT2D eigenvalue weighted by atomic mass is 32.2. The number of rotatable bonds is 2. The Morgan fingerprint density at radius 3 is 3.00 bits per heavy atom. The van der Waals surface area contributed by atoms with E-state index in [-0.39, 0.29) is 5.88 Å². The van der Waals surface area contributed by atoms with Gasteiger partial charge in [0, 0.05) is 6.20 Å². The van der Waals surface area contributed by atoms with Crippen LogP contribution in [0.3, 0.4) is 0 Å². The van der Waals surface area contributed by atoms with Gasteiger partial charge < -0.3 is 10.3 Å². The molecule has 0 aromatic carbocycles. The number of hydrogen-bond acceptors (Lipinski definition) is 3. The first kappa shape index (κ1) is 7.23. The Labute approximate surface area is 60.1 Å². The van der Waals surface area contributed by atoms with Crippen molar-refractivity contribution in [3.8, 4) is 0 Å².